The van der Waals surface area contributed by atoms with Gasteiger partial charge in [-0.15, -0.1) is 0 Å². The molecule has 3 rings (SSSR count). The topological polar surface area (TPSA) is 48.7 Å². The fourth-order valence-electron chi connectivity index (χ4n) is 3.60. The molecule has 1 saturated heterocycles. The van der Waals surface area contributed by atoms with Crippen molar-refractivity contribution in [2.45, 2.75) is 51.1 Å². The number of piperazine rings is 1. The Morgan fingerprint density at radius 3 is 2.57 bits per heavy atom. The van der Waals surface area contributed by atoms with Crippen molar-refractivity contribution in [1.29, 1.82) is 0 Å². The van der Waals surface area contributed by atoms with Crippen LogP contribution in [0.25, 0.3) is 0 Å². The van der Waals surface area contributed by atoms with Crippen molar-refractivity contribution < 1.29 is 9.21 Å². The van der Waals surface area contributed by atoms with Crippen LogP contribution in [0, 0.1) is 0 Å². The van der Waals surface area contributed by atoms with Gasteiger partial charge in [0.25, 0.3) is 0 Å². The molecule has 5 heteroatoms. The number of hydrogen-bond donors (Lipinski definition) is 1. The SMILES string of the molecule is O=C(CCN1CCN(Cc2ccco2)CC1)NC1CCCCC1. The van der Waals surface area contributed by atoms with E-state index >= 15 is 0 Å². The molecule has 1 saturated carbocycles. The number of furan rings is 1. The van der Waals surface area contributed by atoms with Crippen LogP contribution in [0.1, 0.15) is 44.3 Å². The van der Waals surface area contributed by atoms with Crippen LogP contribution in [0.4, 0.5) is 0 Å². The van der Waals surface area contributed by atoms with Crippen LogP contribution in [0.5, 0.6) is 0 Å². The molecule has 0 atom stereocenters. The number of carbonyl (C=O) groups is 1. The van der Waals surface area contributed by atoms with Crippen LogP contribution in [-0.2, 0) is 11.3 Å². The summed E-state index contributed by atoms with van der Waals surface area (Å²) in [5.41, 5.74) is 0. The minimum absolute atomic E-state index is 0.231. The predicted octanol–water partition coefficient (Wildman–Crippen LogP) is 2.24. The Balaban J connectivity index is 1.30. The van der Waals surface area contributed by atoms with Crippen molar-refractivity contribution in [2.24, 2.45) is 0 Å². The molecule has 0 spiro atoms. The molecule has 23 heavy (non-hydrogen) atoms. The van der Waals surface area contributed by atoms with Gasteiger partial charge in [0, 0.05) is 45.2 Å². The van der Waals surface area contributed by atoms with E-state index in [0.29, 0.717) is 12.5 Å². The highest BCUT2D eigenvalue weighted by atomic mass is 16.3. The Morgan fingerprint density at radius 1 is 1.13 bits per heavy atom. The summed E-state index contributed by atoms with van der Waals surface area (Å²) in [5, 5.41) is 3.21. The van der Waals surface area contributed by atoms with Gasteiger partial charge in [-0.3, -0.25) is 9.69 Å². The second kappa shape index (κ2) is 8.50. The minimum atomic E-state index is 0.231. The Hall–Kier alpha value is -1.33. The average Bonchev–Trinajstić information content (AvgIpc) is 3.08. The number of amides is 1. The average molecular weight is 319 g/mol. The van der Waals surface area contributed by atoms with Crippen molar-refractivity contribution in [3.8, 4) is 0 Å². The van der Waals surface area contributed by atoms with Crippen molar-refractivity contribution in [3.63, 3.8) is 0 Å². The highest BCUT2D eigenvalue weighted by Crippen LogP contribution is 2.17. The van der Waals surface area contributed by atoms with E-state index in [0.717, 1.165) is 57.9 Å². The lowest BCUT2D eigenvalue weighted by molar-refractivity contribution is -0.122. The van der Waals surface area contributed by atoms with Gasteiger partial charge in [0.05, 0.1) is 12.8 Å². The molecule has 2 aliphatic rings. The van der Waals surface area contributed by atoms with E-state index in [1.165, 1.54) is 19.3 Å². The molecule has 1 aromatic heterocycles. The molecule has 1 aromatic rings. The van der Waals surface area contributed by atoms with Gasteiger partial charge in [0.2, 0.25) is 5.91 Å². The standard InChI is InChI=1S/C18H29N3O2/c22-18(19-16-5-2-1-3-6-16)8-9-20-10-12-21(13-11-20)15-17-7-4-14-23-17/h4,7,14,16H,1-3,5-6,8-13,15H2,(H,19,22). The van der Waals surface area contributed by atoms with Crippen LogP contribution < -0.4 is 5.32 Å². The van der Waals surface area contributed by atoms with Crippen LogP contribution in [0.2, 0.25) is 0 Å². The zero-order valence-electron chi connectivity index (χ0n) is 14.0. The van der Waals surface area contributed by atoms with Crippen molar-refractivity contribution in [2.75, 3.05) is 32.7 Å². The van der Waals surface area contributed by atoms with Gasteiger partial charge in [-0.05, 0) is 25.0 Å². The van der Waals surface area contributed by atoms with Gasteiger partial charge in [-0.25, -0.2) is 0 Å². The molecular weight excluding hydrogens is 290 g/mol. The van der Waals surface area contributed by atoms with E-state index in [9.17, 15) is 4.79 Å². The van der Waals surface area contributed by atoms with E-state index in [2.05, 4.69) is 15.1 Å². The summed E-state index contributed by atoms with van der Waals surface area (Å²) in [4.78, 5) is 16.9. The lowest BCUT2D eigenvalue weighted by Gasteiger charge is -2.34. The largest absolute Gasteiger partial charge is 0.468 e. The lowest BCUT2D eigenvalue weighted by Crippen LogP contribution is -2.47. The summed E-state index contributed by atoms with van der Waals surface area (Å²) in [7, 11) is 0. The monoisotopic (exact) mass is 319 g/mol. The third kappa shape index (κ3) is 5.36. The summed E-state index contributed by atoms with van der Waals surface area (Å²) in [6, 6.07) is 4.40. The normalized spacial score (nSPS) is 21.4. The molecule has 2 fully saturated rings. The first-order valence-electron chi connectivity index (χ1n) is 9.06. The first kappa shape index (κ1) is 16.5. The van der Waals surface area contributed by atoms with Crippen LogP contribution in [-0.4, -0.2) is 54.5 Å². The number of rotatable bonds is 6. The maximum absolute atomic E-state index is 12.1. The van der Waals surface area contributed by atoms with E-state index < -0.39 is 0 Å². The van der Waals surface area contributed by atoms with E-state index in [-0.39, 0.29) is 5.91 Å². The first-order valence-corrected chi connectivity index (χ1v) is 9.06. The highest BCUT2D eigenvalue weighted by Gasteiger charge is 2.19. The quantitative estimate of drug-likeness (QED) is 0.873. The third-order valence-corrected chi connectivity index (χ3v) is 5.05. The van der Waals surface area contributed by atoms with Crippen molar-refractivity contribution in [3.05, 3.63) is 24.2 Å². The molecule has 0 radical (unpaired) electrons. The summed E-state index contributed by atoms with van der Waals surface area (Å²) in [6.07, 6.45) is 8.55. The van der Waals surface area contributed by atoms with Crippen LogP contribution >= 0.6 is 0 Å². The van der Waals surface area contributed by atoms with Gasteiger partial charge in [-0.1, -0.05) is 19.3 Å². The van der Waals surface area contributed by atoms with Crippen molar-refractivity contribution in [1.82, 2.24) is 15.1 Å². The number of nitrogens with one attached hydrogen (secondary N) is 1. The second-order valence-corrected chi connectivity index (χ2v) is 6.85. The van der Waals surface area contributed by atoms with Gasteiger partial charge in [0.15, 0.2) is 0 Å². The van der Waals surface area contributed by atoms with Gasteiger partial charge >= 0.3 is 0 Å². The number of hydrogen-bond acceptors (Lipinski definition) is 4. The Labute approximate surface area is 139 Å². The van der Waals surface area contributed by atoms with E-state index in [1.54, 1.807) is 6.26 Å². The Bertz CT molecular complexity index is 461. The summed E-state index contributed by atoms with van der Waals surface area (Å²) < 4.78 is 5.41. The molecule has 0 aromatic carbocycles. The summed E-state index contributed by atoms with van der Waals surface area (Å²) in [6.45, 7) is 5.95. The van der Waals surface area contributed by atoms with E-state index in [4.69, 9.17) is 4.42 Å². The van der Waals surface area contributed by atoms with Crippen LogP contribution in [0.3, 0.4) is 0 Å². The van der Waals surface area contributed by atoms with Gasteiger partial charge < -0.3 is 14.6 Å². The van der Waals surface area contributed by atoms with Gasteiger partial charge in [0.1, 0.15) is 5.76 Å². The molecule has 1 N–H and O–H groups in total. The molecule has 1 aliphatic carbocycles. The first-order chi connectivity index (χ1) is 11.3. The highest BCUT2D eigenvalue weighted by molar-refractivity contribution is 5.76. The van der Waals surface area contributed by atoms with Gasteiger partial charge in [-0.2, -0.15) is 0 Å². The van der Waals surface area contributed by atoms with E-state index in [1.807, 2.05) is 12.1 Å². The molecule has 0 unspecified atom stereocenters. The van der Waals surface area contributed by atoms with Crippen LogP contribution in [0.15, 0.2) is 22.8 Å². The number of nitrogens with zero attached hydrogens (tertiary/aromatic N) is 2. The summed E-state index contributed by atoms with van der Waals surface area (Å²) >= 11 is 0. The summed E-state index contributed by atoms with van der Waals surface area (Å²) in [5.74, 6) is 1.26. The smallest absolute Gasteiger partial charge is 0.221 e. The molecular formula is C18H29N3O2. The zero-order chi connectivity index (χ0) is 15.9. The Morgan fingerprint density at radius 2 is 1.87 bits per heavy atom. The molecule has 1 aliphatic heterocycles. The third-order valence-electron chi connectivity index (χ3n) is 5.05. The predicted molar refractivity (Wildman–Crippen MR) is 90.1 cm³/mol. The molecule has 2 heterocycles. The minimum Gasteiger partial charge on any atom is -0.468 e. The Kier molecular flexibility index (Phi) is 6.11. The molecule has 1 amide bonds. The lowest BCUT2D eigenvalue weighted by atomic mass is 9.95. The fourth-order valence-corrected chi connectivity index (χ4v) is 3.60. The maximum atomic E-state index is 12.1. The molecule has 0 bridgehead atoms. The fraction of sp³-hybridized carbons (Fsp3) is 0.722. The molecule has 5 nitrogen and oxygen atoms in total. The second-order valence-electron chi connectivity index (χ2n) is 6.85. The maximum Gasteiger partial charge on any atom is 0.221 e. The zero-order valence-corrected chi connectivity index (χ0v) is 14.0. The molecule has 128 valence electrons. The van der Waals surface area contributed by atoms with Crippen molar-refractivity contribution >= 4 is 5.91 Å². The number of carbonyl (C=O) groups excluding carboxylic acids is 1.